The first-order valence-electron chi connectivity index (χ1n) is 5.10. The zero-order chi connectivity index (χ0) is 13.5. The van der Waals surface area contributed by atoms with Gasteiger partial charge in [-0.2, -0.15) is 4.31 Å². The summed E-state index contributed by atoms with van der Waals surface area (Å²) in [5.74, 6) is -1.46. The molecule has 0 unspecified atom stereocenters. The molecule has 96 valence electrons. The summed E-state index contributed by atoms with van der Waals surface area (Å²) in [4.78, 5) is 23.6. The number of sulfonamides is 1. The van der Waals surface area contributed by atoms with Gasteiger partial charge in [-0.05, 0) is 12.1 Å². The topological polar surface area (TPSA) is 80.8 Å². The van der Waals surface area contributed by atoms with Crippen molar-refractivity contribution in [3.05, 3.63) is 29.8 Å². The van der Waals surface area contributed by atoms with Crippen molar-refractivity contribution in [2.45, 2.75) is 10.9 Å². The molecule has 1 atom stereocenters. The average molecular weight is 269 g/mol. The highest BCUT2D eigenvalue weighted by Gasteiger charge is 2.45. The van der Waals surface area contributed by atoms with Crippen LogP contribution in [-0.4, -0.2) is 44.7 Å². The number of Topliss-reactive ketones (excluding diaryl/α,β-unsaturated/α-hetero) is 1. The van der Waals surface area contributed by atoms with Gasteiger partial charge in [0.25, 0.3) is 0 Å². The molecule has 7 heteroatoms. The Hall–Kier alpha value is -1.73. The van der Waals surface area contributed by atoms with Gasteiger partial charge in [-0.3, -0.25) is 4.79 Å². The second-order valence-electron chi connectivity index (χ2n) is 3.81. The van der Waals surface area contributed by atoms with Crippen molar-refractivity contribution in [2.75, 3.05) is 14.2 Å². The van der Waals surface area contributed by atoms with Gasteiger partial charge in [-0.25, -0.2) is 13.2 Å². The van der Waals surface area contributed by atoms with E-state index < -0.39 is 27.8 Å². The van der Waals surface area contributed by atoms with E-state index in [4.69, 9.17) is 0 Å². The maximum absolute atomic E-state index is 12.1. The molecular formula is C11H11NO5S. The number of ether oxygens (including phenoxy) is 1. The highest BCUT2D eigenvalue weighted by Crippen LogP contribution is 2.28. The van der Waals surface area contributed by atoms with E-state index in [1.165, 1.54) is 25.2 Å². The highest BCUT2D eigenvalue weighted by atomic mass is 32.2. The number of carbonyl (C=O) groups is 2. The number of nitrogens with zero attached hydrogens (tertiary/aromatic N) is 1. The molecule has 0 saturated heterocycles. The third-order valence-corrected chi connectivity index (χ3v) is 4.73. The SMILES string of the molecule is COC(=O)[C@H]1C(=O)c2ccccc2S(=O)(=O)N1C. The lowest BCUT2D eigenvalue weighted by atomic mass is 10.0. The van der Waals surface area contributed by atoms with Gasteiger partial charge < -0.3 is 4.74 Å². The van der Waals surface area contributed by atoms with Crippen molar-refractivity contribution in [3.63, 3.8) is 0 Å². The molecule has 0 spiro atoms. The monoisotopic (exact) mass is 269 g/mol. The highest BCUT2D eigenvalue weighted by molar-refractivity contribution is 7.89. The van der Waals surface area contributed by atoms with Gasteiger partial charge >= 0.3 is 5.97 Å². The maximum atomic E-state index is 12.1. The van der Waals surface area contributed by atoms with Crippen molar-refractivity contribution in [1.82, 2.24) is 4.31 Å². The lowest BCUT2D eigenvalue weighted by Crippen LogP contribution is -2.51. The van der Waals surface area contributed by atoms with Gasteiger partial charge in [0.15, 0.2) is 11.8 Å². The smallest absolute Gasteiger partial charge is 0.332 e. The minimum absolute atomic E-state index is 0.0194. The molecule has 0 bridgehead atoms. The zero-order valence-electron chi connectivity index (χ0n) is 9.78. The Morgan fingerprint density at radius 1 is 1.33 bits per heavy atom. The van der Waals surface area contributed by atoms with E-state index in [0.29, 0.717) is 0 Å². The van der Waals surface area contributed by atoms with Crippen molar-refractivity contribution < 1.29 is 22.7 Å². The predicted molar refractivity (Wildman–Crippen MR) is 61.5 cm³/mol. The van der Waals surface area contributed by atoms with E-state index >= 15 is 0 Å². The summed E-state index contributed by atoms with van der Waals surface area (Å²) in [6, 6.07) is 4.35. The van der Waals surface area contributed by atoms with Crippen LogP contribution in [0.1, 0.15) is 10.4 Å². The number of fused-ring (bicyclic) bond motifs is 1. The molecule has 6 nitrogen and oxygen atoms in total. The van der Waals surface area contributed by atoms with Crippen molar-refractivity contribution in [2.24, 2.45) is 0 Å². The number of methoxy groups -OCH3 is 1. The predicted octanol–water partition coefficient (Wildman–Crippen LogP) is 0.0450. The molecular weight excluding hydrogens is 258 g/mol. The summed E-state index contributed by atoms with van der Waals surface area (Å²) in [7, 11) is -1.55. The molecule has 0 radical (unpaired) electrons. The van der Waals surface area contributed by atoms with E-state index in [-0.39, 0.29) is 10.5 Å². The quantitative estimate of drug-likeness (QED) is 0.531. The Labute approximate surface area is 104 Å². The van der Waals surface area contributed by atoms with Crippen LogP contribution in [0.25, 0.3) is 0 Å². The molecule has 18 heavy (non-hydrogen) atoms. The van der Waals surface area contributed by atoms with Crippen molar-refractivity contribution in [3.8, 4) is 0 Å². The molecule has 1 aliphatic heterocycles. The molecule has 0 aromatic heterocycles. The van der Waals surface area contributed by atoms with Gasteiger partial charge in [0, 0.05) is 12.6 Å². The van der Waals surface area contributed by atoms with Crippen molar-refractivity contribution >= 4 is 21.8 Å². The summed E-state index contributed by atoms with van der Waals surface area (Å²) >= 11 is 0. The minimum Gasteiger partial charge on any atom is -0.467 e. The van der Waals surface area contributed by atoms with Crippen LogP contribution in [0, 0.1) is 0 Å². The van der Waals surface area contributed by atoms with E-state index in [0.717, 1.165) is 11.4 Å². The molecule has 0 aliphatic carbocycles. The Morgan fingerprint density at radius 2 is 1.94 bits per heavy atom. The van der Waals surface area contributed by atoms with E-state index in [1.54, 1.807) is 6.07 Å². The minimum atomic E-state index is -3.85. The molecule has 1 aromatic rings. The standard InChI is InChI=1S/C11H11NO5S/c1-12-9(11(14)17-2)10(13)7-5-3-4-6-8(7)18(12,15)16/h3-6,9H,1-2H3/t9-/m1/s1. The molecule has 0 amide bonds. The Kier molecular flexibility index (Phi) is 2.95. The Balaban J connectivity index is 2.69. The number of benzene rings is 1. The van der Waals surface area contributed by atoms with Gasteiger partial charge in [0.2, 0.25) is 10.0 Å². The van der Waals surface area contributed by atoms with E-state index in [9.17, 15) is 18.0 Å². The number of likely N-dealkylation sites (N-methyl/N-ethyl adjacent to an activating group) is 1. The molecule has 1 heterocycles. The summed E-state index contributed by atoms with van der Waals surface area (Å²) in [6.07, 6.45) is 0. The number of ketones is 1. The van der Waals surface area contributed by atoms with Crippen LogP contribution in [0.5, 0.6) is 0 Å². The number of esters is 1. The molecule has 1 aromatic carbocycles. The lowest BCUT2D eigenvalue weighted by molar-refractivity contribution is -0.143. The summed E-state index contributed by atoms with van der Waals surface area (Å²) in [6.45, 7) is 0. The van der Waals surface area contributed by atoms with E-state index in [1.807, 2.05) is 0 Å². The average Bonchev–Trinajstić information content (AvgIpc) is 2.37. The first-order chi connectivity index (χ1) is 8.41. The molecule has 0 fully saturated rings. The number of rotatable bonds is 1. The summed E-state index contributed by atoms with van der Waals surface area (Å²) < 4.78 is 29.5. The van der Waals surface area contributed by atoms with Gasteiger partial charge in [-0.15, -0.1) is 0 Å². The Bertz CT molecular complexity index is 622. The van der Waals surface area contributed by atoms with Crippen LogP contribution in [0.3, 0.4) is 0 Å². The fourth-order valence-corrected chi connectivity index (χ4v) is 3.34. The van der Waals surface area contributed by atoms with Gasteiger partial charge in [-0.1, -0.05) is 12.1 Å². The largest absolute Gasteiger partial charge is 0.467 e. The maximum Gasteiger partial charge on any atom is 0.332 e. The fourth-order valence-electron chi connectivity index (χ4n) is 1.87. The van der Waals surface area contributed by atoms with Gasteiger partial charge in [0.1, 0.15) is 0 Å². The van der Waals surface area contributed by atoms with Crippen LogP contribution < -0.4 is 0 Å². The second-order valence-corrected chi connectivity index (χ2v) is 5.77. The van der Waals surface area contributed by atoms with Crippen LogP contribution in [0.15, 0.2) is 29.2 Å². The molecule has 0 saturated carbocycles. The van der Waals surface area contributed by atoms with Crippen LogP contribution in [0.4, 0.5) is 0 Å². The van der Waals surface area contributed by atoms with Crippen LogP contribution in [-0.2, 0) is 19.6 Å². The molecule has 0 N–H and O–H groups in total. The number of carbonyl (C=O) groups excluding carboxylic acids is 2. The fraction of sp³-hybridized carbons (Fsp3) is 0.273. The normalized spacial score (nSPS) is 22.3. The molecule has 1 aliphatic rings. The second kappa shape index (κ2) is 4.18. The first-order valence-corrected chi connectivity index (χ1v) is 6.54. The third kappa shape index (κ3) is 1.63. The third-order valence-electron chi connectivity index (χ3n) is 2.85. The van der Waals surface area contributed by atoms with Crippen LogP contribution >= 0.6 is 0 Å². The first kappa shape index (κ1) is 12.7. The summed E-state index contributed by atoms with van der Waals surface area (Å²) in [5, 5.41) is 0. The molecule has 2 rings (SSSR count). The number of hydrogen-bond acceptors (Lipinski definition) is 5. The number of hydrogen-bond donors (Lipinski definition) is 0. The zero-order valence-corrected chi connectivity index (χ0v) is 10.6. The van der Waals surface area contributed by atoms with E-state index in [2.05, 4.69) is 4.74 Å². The van der Waals surface area contributed by atoms with Crippen LogP contribution in [0.2, 0.25) is 0 Å². The van der Waals surface area contributed by atoms with Gasteiger partial charge in [0.05, 0.1) is 12.0 Å². The summed E-state index contributed by atoms with van der Waals surface area (Å²) in [5.41, 5.74) is 0.0194. The van der Waals surface area contributed by atoms with Crippen molar-refractivity contribution in [1.29, 1.82) is 0 Å². The Morgan fingerprint density at radius 3 is 2.56 bits per heavy atom. The lowest BCUT2D eigenvalue weighted by Gasteiger charge is -2.29.